The number of nitrogens with two attached hydrogens (primary N) is 1. The van der Waals surface area contributed by atoms with Crippen LogP contribution < -0.4 is 11.1 Å². The predicted molar refractivity (Wildman–Crippen MR) is 53.6 cm³/mol. The van der Waals surface area contributed by atoms with Crippen molar-refractivity contribution in [2.45, 2.75) is 50.9 Å². The van der Waals surface area contributed by atoms with Gasteiger partial charge in [-0.25, -0.2) is 0 Å². The normalized spacial score (nSPS) is 28.6. The van der Waals surface area contributed by atoms with Crippen LogP contribution >= 0.6 is 0 Å². The molecule has 0 saturated heterocycles. The Hall–Kier alpha value is -0.780. The Morgan fingerprint density at radius 3 is 2.19 bits per heavy atom. The fourth-order valence-electron chi connectivity index (χ4n) is 1.90. The van der Waals surface area contributed by atoms with Crippen LogP contribution in [0.2, 0.25) is 0 Å². The summed E-state index contributed by atoms with van der Waals surface area (Å²) in [5.74, 6) is -1.51. The highest BCUT2D eigenvalue weighted by atomic mass is 19.4. The van der Waals surface area contributed by atoms with E-state index >= 15 is 0 Å². The Morgan fingerprint density at radius 2 is 1.81 bits per heavy atom. The van der Waals surface area contributed by atoms with Gasteiger partial charge in [-0.15, -0.1) is 0 Å². The number of hydrogen-bond donors (Lipinski definition) is 2. The lowest BCUT2D eigenvalue weighted by Gasteiger charge is -2.30. The van der Waals surface area contributed by atoms with Crippen LogP contribution in [0.5, 0.6) is 0 Å². The fraction of sp³-hybridized carbons (Fsp3) is 0.900. The Bertz CT molecular complexity index is 245. The highest BCUT2D eigenvalue weighted by molar-refractivity contribution is 5.81. The smallest absolute Gasteiger partial charge is 0.352 e. The SMILES string of the molecule is CC(N)C(=O)NC1CCC(C(F)(F)F)CC1. The fourth-order valence-corrected chi connectivity index (χ4v) is 1.90. The quantitative estimate of drug-likeness (QED) is 0.767. The number of carbonyl (C=O) groups excluding carboxylic acids is 1. The molecular formula is C10H17F3N2O. The molecule has 0 aromatic carbocycles. The minimum atomic E-state index is -4.10. The first-order valence-corrected chi connectivity index (χ1v) is 5.43. The van der Waals surface area contributed by atoms with E-state index in [9.17, 15) is 18.0 Å². The van der Waals surface area contributed by atoms with Gasteiger partial charge in [0, 0.05) is 6.04 Å². The second-order valence-corrected chi connectivity index (χ2v) is 4.39. The minimum Gasteiger partial charge on any atom is -0.352 e. The molecule has 1 unspecified atom stereocenters. The van der Waals surface area contributed by atoms with Gasteiger partial charge in [-0.05, 0) is 32.6 Å². The molecule has 1 aliphatic carbocycles. The maximum absolute atomic E-state index is 12.4. The molecule has 1 saturated carbocycles. The Balaban J connectivity index is 2.35. The zero-order chi connectivity index (χ0) is 12.3. The van der Waals surface area contributed by atoms with Gasteiger partial charge in [-0.1, -0.05) is 0 Å². The van der Waals surface area contributed by atoms with E-state index in [0.717, 1.165) is 0 Å². The standard InChI is InChI=1S/C10H17F3N2O/c1-6(14)9(16)15-8-4-2-7(3-5-8)10(11,12)13/h6-8H,2-5,14H2,1H3,(H,15,16). The summed E-state index contributed by atoms with van der Waals surface area (Å²) in [7, 11) is 0. The predicted octanol–water partition coefficient (Wildman–Crippen LogP) is 1.57. The molecule has 0 bridgehead atoms. The molecule has 0 aromatic heterocycles. The van der Waals surface area contributed by atoms with Crippen molar-refractivity contribution in [3.63, 3.8) is 0 Å². The molecule has 1 atom stereocenters. The van der Waals surface area contributed by atoms with E-state index in [4.69, 9.17) is 5.73 Å². The molecular weight excluding hydrogens is 221 g/mol. The molecule has 0 radical (unpaired) electrons. The van der Waals surface area contributed by atoms with E-state index < -0.39 is 18.1 Å². The van der Waals surface area contributed by atoms with Gasteiger partial charge < -0.3 is 11.1 Å². The van der Waals surface area contributed by atoms with Crippen LogP contribution in [0.4, 0.5) is 13.2 Å². The van der Waals surface area contributed by atoms with Crippen molar-refractivity contribution >= 4 is 5.91 Å². The number of hydrogen-bond acceptors (Lipinski definition) is 2. The van der Waals surface area contributed by atoms with Crippen molar-refractivity contribution in [2.75, 3.05) is 0 Å². The molecule has 1 fully saturated rings. The third kappa shape index (κ3) is 3.66. The average molecular weight is 238 g/mol. The summed E-state index contributed by atoms with van der Waals surface area (Å²) < 4.78 is 37.1. The minimum absolute atomic E-state index is 0.0907. The lowest BCUT2D eigenvalue weighted by Crippen LogP contribution is -2.46. The molecule has 6 heteroatoms. The second kappa shape index (κ2) is 5.03. The number of nitrogens with one attached hydrogen (secondary N) is 1. The van der Waals surface area contributed by atoms with Crippen molar-refractivity contribution in [3.8, 4) is 0 Å². The molecule has 3 nitrogen and oxygen atoms in total. The van der Waals surface area contributed by atoms with E-state index in [1.807, 2.05) is 0 Å². The van der Waals surface area contributed by atoms with Crippen LogP contribution in [0.1, 0.15) is 32.6 Å². The van der Waals surface area contributed by atoms with Crippen molar-refractivity contribution in [2.24, 2.45) is 11.7 Å². The third-order valence-corrected chi connectivity index (χ3v) is 2.95. The first-order chi connectivity index (χ1) is 7.30. The molecule has 0 aliphatic heterocycles. The first-order valence-electron chi connectivity index (χ1n) is 5.43. The summed E-state index contributed by atoms with van der Waals surface area (Å²) in [5, 5.41) is 2.66. The largest absolute Gasteiger partial charge is 0.391 e. The second-order valence-electron chi connectivity index (χ2n) is 4.39. The van der Waals surface area contributed by atoms with Crippen LogP contribution in [0.25, 0.3) is 0 Å². The number of halogens is 3. The monoisotopic (exact) mass is 238 g/mol. The highest BCUT2D eigenvalue weighted by Crippen LogP contribution is 2.37. The van der Waals surface area contributed by atoms with E-state index in [2.05, 4.69) is 5.32 Å². The van der Waals surface area contributed by atoms with Gasteiger partial charge in [0.05, 0.1) is 12.0 Å². The van der Waals surface area contributed by atoms with Gasteiger partial charge in [0.1, 0.15) is 0 Å². The summed E-state index contributed by atoms with van der Waals surface area (Å²) in [5.41, 5.74) is 5.36. The molecule has 94 valence electrons. The van der Waals surface area contributed by atoms with Gasteiger partial charge in [0.15, 0.2) is 0 Å². The molecule has 1 amide bonds. The zero-order valence-corrected chi connectivity index (χ0v) is 9.18. The molecule has 1 rings (SSSR count). The molecule has 3 N–H and O–H groups in total. The number of alkyl halides is 3. The van der Waals surface area contributed by atoms with Crippen molar-refractivity contribution in [1.82, 2.24) is 5.32 Å². The van der Waals surface area contributed by atoms with Crippen molar-refractivity contribution in [1.29, 1.82) is 0 Å². The molecule has 16 heavy (non-hydrogen) atoms. The van der Waals surface area contributed by atoms with Crippen LogP contribution in [0.3, 0.4) is 0 Å². The Labute approximate surface area is 92.6 Å². The summed E-state index contributed by atoms with van der Waals surface area (Å²) >= 11 is 0. The average Bonchev–Trinajstić information content (AvgIpc) is 2.17. The lowest BCUT2D eigenvalue weighted by molar-refractivity contribution is -0.182. The molecule has 0 heterocycles. The maximum Gasteiger partial charge on any atom is 0.391 e. The molecule has 0 spiro atoms. The van der Waals surface area contributed by atoms with E-state index in [0.29, 0.717) is 12.8 Å². The van der Waals surface area contributed by atoms with Crippen molar-refractivity contribution in [3.05, 3.63) is 0 Å². The highest BCUT2D eigenvalue weighted by Gasteiger charge is 2.41. The van der Waals surface area contributed by atoms with Crippen molar-refractivity contribution < 1.29 is 18.0 Å². The van der Waals surface area contributed by atoms with Gasteiger partial charge in [-0.3, -0.25) is 4.79 Å². The topological polar surface area (TPSA) is 55.1 Å². The third-order valence-electron chi connectivity index (χ3n) is 2.95. The summed E-state index contributed by atoms with van der Waals surface area (Å²) in [6.45, 7) is 1.55. The van der Waals surface area contributed by atoms with Gasteiger partial charge in [0.25, 0.3) is 0 Å². The van der Waals surface area contributed by atoms with Crippen LogP contribution in [0, 0.1) is 5.92 Å². The Kier molecular flexibility index (Phi) is 4.18. The summed E-state index contributed by atoms with van der Waals surface area (Å²) in [6, 6.07) is -0.766. The van der Waals surface area contributed by atoms with E-state index in [1.165, 1.54) is 0 Å². The van der Waals surface area contributed by atoms with Crippen LogP contribution in [-0.4, -0.2) is 24.2 Å². The number of amides is 1. The molecule has 0 aromatic rings. The van der Waals surface area contributed by atoms with Gasteiger partial charge in [-0.2, -0.15) is 13.2 Å². The summed E-state index contributed by atoms with van der Waals surface area (Å²) in [4.78, 5) is 11.2. The lowest BCUT2D eigenvalue weighted by atomic mass is 9.85. The first kappa shape index (κ1) is 13.3. The number of carbonyl (C=O) groups is 1. The van der Waals surface area contributed by atoms with Gasteiger partial charge in [0.2, 0.25) is 5.91 Å². The van der Waals surface area contributed by atoms with E-state index in [-0.39, 0.29) is 24.8 Å². The van der Waals surface area contributed by atoms with Crippen LogP contribution in [-0.2, 0) is 4.79 Å². The molecule has 1 aliphatic rings. The van der Waals surface area contributed by atoms with Gasteiger partial charge >= 0.3 is 6.18 Å². The zero-order valence-electron chi connectivity index (χ0n) is 9.18. The van der Waals surface area contributed by atoms with E-state index in [1.54, 1.807) is 6.92 Å². The maximum atomic E-state index is 12.4. The van der Waals surface area contributed by atoms with Crippen LogP contribution in [0.15, 0.2) is 0 Å². The summed E-state index contributed by atoms with van der Waals surface area (Å²) in [6.07, 6.45) is -3.16. The Morgan fingerprint density at radius 1 is 1.31 bits per heavy atom. The number of rotatable bonds is 2.